The second-order valence-corrected chi connectivity index (χ2v) is 13.3. The van der Waals surface area contributed by atoms with E-state index < -0.39 is 17.9 Å². The van der Waals surface area contributed by atoms with Gasteiger partial charge in [-0.15, -0.1) is 0 Å². The molecule has 0 fully saturated rings. The summed E-state index contributed by atoms with van der Waals surface area (Å²) in [5.74, 6) is -3.06. The fourth-order valence-corrected chi connectivity index (χ4v) is 5.96. The van der Waals surface area contributed by atoms with Gasteiger partial charge >= 0.3 is 23.9 Å². The van der Waals surface area contributed by atoms with Crippen molar-refractivity contribution in [3.8, 4) is 0 Å². The highest BCUT2D eigenvalue weighted by atomic mass is 16.5. The van der Waals surface area contributed by atoms with E-state index in [1.54, 1.807) is 0 Å². The van der Waals surface area contributed by atoms with Crippen molar-refractivity contribution in [3.05, 3.63) is 0 Å². The Morgan fingerprint density at radius 1 is 0.457 bits per heavy atom. The van der Waals surface area contributed by atoms with Crippen molar-refractivity contribution in [3.63, 3.8) is 0 Å². The zero-order valence-corrected chi connectivity index (χ0v) is 30.0. The summed E-state index contributed by atoms with van der Waals surface area (Å²) in [6.07, 6.45) is 22.1. The summed E-state index contributed by atoms with van der Waals surface area (Å²) in [5.41, 5.74) is 0. The first-order valence-electron chi connectivity index (χ1n) is 19.0. The zero-order chi connectivity index (χ0) is 34.4. The first-order valence-corrected chi connectivity index (χ1v) is 19.0. The fourth-order valence-electron chi connectivity index (χ4n) is 5.96. The van der Waals surface area contributed by atoms with Crippen molar-refractivity contribution in [2.45, 2.75) is 207 Å². The molecular formula is C38H70O8. The van der Waals surface area contributed by atoms with Crippen molar-refractivity contribution in [1.29, 1.82) is 0 Å². The van der Waals surface area contributed by atoms with E-state index in [9.17, 15) is 24.3 Å². The molecule has 0 aliphatic heterocycles. The number of carbonyl (C=O) groups excluding carboxylic acids is 2. The Balaban J connectivity index is 4.79. The molecule has 8 heteroatoms. The molecule has 0 aromatic rings. The highest BCUT2D eigenvalue weighted by Crippen LogP contribution is 2.24. The van der Waals surface area contributed by atoms with Gasteiger partial charge < -0.3 is 19.7 Å². The minimum absolute atomic E-state index is 0.0270. The lowest BCUT2D eigenvalue weighted by atomic mass is 9.94. The van der Waals surface area contributed by atoms with Gasteiger partial charge in [-0.05, 0) is 51.4 Å². The Bertz CT molecular complexity index is 767. The van der Waals surface area contributed by atoms with Crippen LogP contribution in [0.15, 0.2) is 0 Å². The number of esters is 2. The minimum Gasteiger partial charge on any atom is -0.481 e. The SMILES string of the molecule is CCCCC(CCCC)OC(=O)CCC(CCCCCCCCCCC(CCC(=O)O)C(=O)O)C(=O)OC(CCCC)CCCC. The number of carbonyl (C=O) groups is 4. The molecule has 0 saturated carbocycles. The Morgan fingerprint density at radius 3 is 1.26 bits per heavy atom. The molecule has 0 aromatic carbocycles. The lowest BCUT2D eigenvalue weighted by molar-refractivity contribution is -0.156. The number of carboxylic acids is 2. The Morgan fingerprint density at radius 2 is 0.848 bits per heavy atom. The number of hydrogen-bond donors (Lipinski definition) is 2. The van der Waals surface area contributed by atoms with Crippen LogP contribution in [-0.4, -0.2) is 46.3 Å². The van der Waals surface area contributed by atoms with E-state index in [0.717, 1.165) is 135 Å². The van der Waals surface area contributed by atoms with E-state index in [0.29, 0.717) is 12.8 Å². The van der Waals surface area contributed by atoms with Crippen LogP contribution in [-0.2, 0) is 28.7 Å². The molecule has 2 unspecified atom stereocenters. The summed E-state index contributed by atoms with van der Waals surface area (Å²) in [6.45, 7) is 8.61. The van der Waals surface area contributed by atoms with Crippen LogP contribution >= 0.6 is 0 Å². The molecule has 0 aliphatic rings. The van der Waals surface area contributed by atoms with Crippen LogP contribution in [0.2, 0.25) is 0 Å². The number of carboxylic acid groups (broad SMARTS) is 2. The lowest BCUT2D eigenvalue weighted by Gasteiger charge is -2.22. The van der Waals surface area contributed by atoms with Gasteiger partial charge in [-0.3, -0.25) is 19.2 Å². The molecule has 2 atom stereocenters. The summed E-state index contributed by atoms with van der Waals surface area (Å²) in [7, 11) is 0. The molecule has 46 heavy (non-hydrogen) atoms. The Hall–Kier alpha value is -2.12. The largest absolute Gasteiger partial charge is 0.481 e. The van der Waals surface area contributed by atoms with Crippen molar-refractivity contribution >= 4 is 23.9 Å². The first-order chi connectivity index (χ1) is 22.2. The normalized spacial score (nSPS) is 12.7. The molecule has 0 aliphatic carbocycles. The molecule has 270 valence electrons. The summed E-state index contributed by atoms with van der Waals surface area (Å²) in [4.78, 5) is 48.3. The predicted octanol–water partition coefficient (Wildman–Crippen LogP) is 10.4. The van der Waals surface area contributed by atoms with E-state index >= 15 is 0 Å². The second kappa shape index (κ2) is 30.2. The molecule has 2 N–H and O–H groups in total. The predicted molar refractivity (Wildman–Crippen MR) is 185 cm³/mol. The van der Waals surface area contributed by atoms with Gasteiger partial charge in [0.05, 0.1) is 11.8 Å². The van der Waals surface area contributed by atoms with Gasteiger partial charge in [0.1, 0.15) is 12.2 Å². The summed E-state index contributed by atoms with van der Waals surface area (Å²) >= 11 is 0. The molecular weight excluding hydrogens is 584 g/mol. The molecule has 8 nitrogen and oxygen atoms in total. The summed E-state index contributed by atoms with van der Waals surface area (Å²) in [6, 6.07) is 0. The average molecular weight is 655 g/mol. The molecule has 0 radical (unpaired) electrons. The first kappa shape index (κ1) is 43.9. The third kappa shape index (κ3) is 25.0. The van der Waals surface area contributed by atoms with E-state index in [-0.39, 0.29) is 49.3 Å². The number of aliphatic carboxylic acids is 2. The van der Waals surface area contributed by atoms with Crippen molar-refractivity contribution < 1.29 is 38.9 Å². The molecule has 0 amide bonds. The topological polar surface area (TPSA) is 127 Å². The van der Waals surface area contributed by atoms with Crippen LogP contribution in [0.3, 0.4) is 0 Å². The number of ether oxygens (including phenoxy) is 2. The minimum atomic E-state index is -0.950. The molecule has 0 spiro atoms. The van der Waals surface area contributed by atoms with Crippen LogP contribution in [0, 0.1) is 11.8 Å². The van der Waals surface area contributed by atoms with Gasteiger partial charge in [-0.1, -0.05) is 130 Å². The van der Waals surface area contributed by atoms with Crippen LogP contribution in [0.1, 0.15) is 195 Å². The third-order valence-electron chi connectivity index (χ3n) is 9.04. The van der Waals surface area contributed by atoms with E-state index in [4.69, 9.17) is 14.6 Å². The summed E-state index contributed by atoms with van der Waals surface area (Å²) in [5, 5.41) is 18.1. The second-order valence-electron chi connectivity index (χ2n) is 13.3. The van der Waals surface area contributed by atoms with Crippen molar-refractivity contribution in [2.24, 2.45) is 11.8 Å². The van der Waals surface area contributed by atoms with Gasteiger partial charge in [-0.25, -0.2) is 0 Å². The van der Waals surface area contributed by atoms with Gasteiger partial charge in [-0.2, -0.15) is 0 Å². The molecule has 0 saturated heterocycles. The number of rotatable bonds is 33. The molecule has 0 heterocycles. The monoisotopic (exact) mass is 655 g/mol. The summed E-state index contributed by atoms with van der Waals surface area (Å²) < 4.78 is 11.9. The smallest absolute Gasteiger partial charge is 0.309 e. The van der Waals surface area contributed by atoms with Crippen LogP contribution in [0.25, 0.3) is 0 Å². The van der Waals surface area contributed by atoms with Crippen molar-refractivity contribution in [1.82, 2.24) is 0 Å². The number of unbranched alkanes of at least 4 members (excludes halogenated alkanes) is 11. The van der Waals surface area contributed by atoms with E-state index in [1.165, 1.54) is 0 Å². The lowest BCUT2D eigenvalue weighted by Crippen LogP contribution is -2.26. The van der Waals surface area contributed by atoms with Gasteiger partial charge in [0.15, 0.2) is 0 Å². The van der Waals surface area contributed by atoms with E-state index in [2.05, 4.69) is 27.7 Å². The highest BCUT2D eigenvalue weighted by Gasteiger charge is 2.25. The molecule has 0 aromatic heterocycles. The van der Waals surface area contributed by atoms with Crippen molar-refractivity contribution in [2.75, 3.05) is 0 Å². The van der Waals surface area contributed by atoms with Crippen LogP contribution in [0.4, 0.5) is 0 Å². The zero-order valence-electron chi connectivity index (χ0n) is 30.0. The Kier molecular flexibility index (Phi) is 28.8. The van der Waals surface area contributed by atoms with Gasteiger partial charge in [0.25, 0.3) is 0 Å². The average Bonchev–Trinajstić information content (AvgIpc) is 3.02. The van der Waals surface area contributed by atoms with Gasteiger partial charge in [0, 0.05) is 12.8 Å². The number of hydrogen-bond acceptors (Lipinski definition) is 6. The Labute approximate surface area is 281 Å². The molecule has 0 bridgehead atoms. The highest BCUT2D eigenvalue weighted by molar-refractivity contribution is 5.75. The fraction of sp³-hybridized carbons (Fsp3) is 0.895. The maximum atomic E-state index is 13.4. The van der Waals surface area contributed by atoms with Crippen LogP contribution < -0.4 is 0 Å². The van der Waals surface area contributed by atoms with Gasteiger partial charge in [0.2, 0.25) is 0 Å². The van der Waals surface area contributed by atoms with Crippen LogP contribution in [0.5, 0.6) is 0 Å². The standard InChI is InChI=1S/C38H70O8/c1-5-9-23-33(24-10-6-2)45-36(41)30-28-32(38(44)46-34(25-11-7-3)26-12-8-4)22-20-18-16-14-13-15-17-19-21-31(37(42)43)27-29-35(39)40/h31-34H,5-30H2,1-4H3,(H,39,40)(H,42,43). The van der Waals surface area contributed by atoms with E-state index in [1.807, 2.05) is 0 Å². The molecule has 0 rings (SSSR count). The third-order valence-corrected chi connectivity index (χ3v) is 9.04. The quantitative estimate of drug-likeness (QED) is 0.0528. The maximum Gasteiger partial charge on any atom is 0.309 e. The maximum absolute atomic E-state index is 13.4.